The van der Waals surface area contributed by atoms with Gasteiger partial charge in [0.1, 0.15) is 5.75 Å². The molecule has 0 spiro atoms. The molecule has 0 fully saturated rings. The smallest absolute Gasteiger partial charge is 0.264 e. The summed E-state index contributed by atoms with van der Waals surface area (Å²) in [4.78, 5) is 11.9. The van der Waals surface area contributed by atoms with Gasteiger partial charge in [0.15, 0.2) is 6.61 Å². The number of nitrogens with one attached hydrogen (secondary N) is 1. The van der Waals surface area contributed by atoms with Gasteiger partial charge in [-0.1, -0.05) is 18.2 Å². The Morgan fingerprint density at radius 2 is 2.04 bits per heavy atom. The number of benzene rings is 2. The van der Waals surface area contributed by atoms with Crippen molar-refractivity contribution in [2.24, 2.45) is 0 Å². The van der Waals surface area contributed by atoms with Crippen LogP contribution in [0.5, 0.6) is 5.75 Å². The third-order valence-electron chi connectivity index (χ3n) is 4.59. The zero-order chi connectivity index (χ0) is 20.1. The van der Waals surface area contributed by atoms with Crippen molar-refractivity contribution in [3.05, 3.63) is 53.6 Å². The van der Waals surface area contributed by atoms with E-state index in [2.05, 4.69) is 5.32 Å². The van der Waals surface area contributed by atoms with Crippen molar-refractivity contribution in [2.45, 2.75) is 24.7 Å². The zero-order valence-electron chi connectivity index (χ0n) is 15.7. The summed E-state index contributed by atoms with van der Waals surface area (Å²) in [6.07, 6.45) is 1.18. The van der Waals surface area contributed by atoms with Crippen LogP contribution in [0.4, 0.5) is 5.69 Å². The number of carbonyl (C=O) groups is 1. The van der Waals surface area contributed by atoms with Crippen LogP contribution in [0.15, 0.2) is 47.4 Å². The van der Waals surface area contributed by atoms with Gasteiger partial charge in [-0.25, -0.2) is 8.42 Å². The van der Waals surface area contributed by atoms with Gasteiger partial charge in [0.25, 0.3) is 15.9 Å². The maximum atomic E-state index is 13.1. The minimum Gasteiger partial charge on any atom is -0.484 e. The van der Waals surface area contributed by atoms with E-state index in [0.717, 1.165) is 11.3 Å². The molecule has 2 aromatic carbocycles. The summed E-state index contributed by atoms with van der Waals surface area (Å²) in [5.74, 6) is 0.163. The van der Waals surface area contributed by atoms with Gasteiger partial charge < -0.3 is 15.2 Å². The second-order valence-corrected chi connectivity index (χ2v) is 8.46. The lowest BCUT2D eigenvalue weighted by Gasteiger charge is -2.20. The van der Waals surface area contributed by atoms with Crippen molar-refractivity contribution < 1.29 is 23.1 Å². The summed E-state index contributed by atoms with van der Waals surface area (Å²) in [5.41, 5.74) is 2.38. The molecule has 1 aliphatic heterocycles. The highest BCUT2D eigenvalue weighted by Gasteiger charge is 2.30. The molecule has 0 saturated carbocycles. The van der Waals surface area contributed by atoms with Gasteiger partial charge in [-0.15, -0.1) is 0 Å². The van der Waals surface area contributed by atoms with E-state index in [1.165, 1.54) is 10.4 Å². The predicted octanol–water partition coefficient (Wildman–Crippen LogP) is 1.62. The van der Waals surface area contributed by atoms with Crippen LogP contribution in [-0.4, -0.2) is 45.7 Å². The zero-order valence-corrected chi connectivity index (χ0v) is 16.5. The van der Waals surface area contributed by atoms with Crippen molar-refractivity contribution in [2.75, 3.05) is 30.6 Å². The maximum absolute atomic E-state index is 13.1. The molecule has 1 amide bonds. The minimum absolute atomic E-state index is 0.0116. The second-order valence-electron chi connectivity index (χ2n) is 6.60. The fourth-order valence-electron chi connectivity index (χ4n) is 3.13. The van der Waals surface area contributed by atoms with Crippen LogP contribution in [0.2, 0.25) is 0 Å². The topological polar surface area (TPSA) is 95.9 Å². The lowest BCUT2D eigenvalue weighted by molar-refractivity contribution is -0.123. The number of para-hydroxylation sites is 1. The fourth-order valence-corrected chi connectivity index (χ4v) is 4.72. The Hall–Kier alpha value is -2.58. The molecule has 0 bridgehead atoms. The van der Waals surface area contributed by atoms with Crippen LogP contribution < -0.4 is 14.4 Å². The van der Waals surface area contributed by atoms with Crippen LogP contribution >= 0.6 is 0 Å². The molecule has 3 rings (SSSR count). The predicted molar refractivity (Wildman–Crippen MR) is 106 cm³/mol. The van der Waals surface area contributed by atoms with E-state index in [1.54, 1.807) is 19.1 Å². The quantitative estimate of drug-likeness (QED) is 0.652. The summed E-state index contributed by atoms with van der Waals surface area (Å²) >= 11 is 0. The number of sulfonamides is 1. The van der Waals surface area contributed by atoms with Crippen molar-refractivity contribution in [3.63, 3.8) is 0 Å². The SMILES string of the molecule is Cc1cc(S(=O)(=O)N2CCc3ccccc32)ccc1OCC(=O)NCCCO. The number of aliphatic hydroxyl groups excluding tert-OH is 1. The van der Waals surface area contributed by atoms with Gasteiger partial charge in [-0.3, -0.25) is 9.10 Å². The van der Waals surface area contributed by atoms with Crippen molar-refractivity contribution >= 4 is 21.6 Å². The van der Waals surface area contributed by atoms with Crippen LogP contribution in [0, 0.1) is 6.92 Å². The van der Waals surface area contributed by atoms with Gasteiger partial charge >= 0.3 is 0 Å². The van der Waals surface area contributed by atoms with Crippen molar-refractivity contribution in [1.82, 2.24) is 5.32 Å². The number of rotatable bonds is 8. The summed E-state index contributed by atoms with van der Waals surface area (Å²) in [7, 11) is -3.66. The molecule has 0 radical (unpaired) electrons. The molecule has 1 heterocycles. The molecule has 7 nitrogen and oxygen atoms in total. The maximum Gasteiger partial charge on any atom is 0.264 e. The Morgan fingerprint density at radius 1 is 1.25 bits per heavy atom. The number of aryl methyl sites for hydroxylation is 1. The number of carbonyl (C=O) groups excluding carboxylic acids is 1. The molecule has 1 aliphatic rings. The van der Waals surface area contributed by atoms with Gasteiger partial charge in [0, 0.05) is 19.7 Å². The Kier molecular flexibility index (Phi) is 6.21. The number of fused-ring (bicyclic) bond motifs is 1. The van der Waals surface area contributed by atoms with Gasteiger partial charge in [-0.05, 0) is 55.2 Å². The average molecular weight is 404 g/mol. The van der Waals surface area contributed by atoms with Gasteiger partial charge in [0.2, 0.25) is 0 Å². The first-order valence-electron chi connectivity index (χ1n) is 9.15. The molecule has 0 atom stereocenters. The highest BCUT2D eigenvalue weighted by molar-refractivity contribution is 7.92. The molecular formula is C20H24N2O5S. The number of amides is 1. The van der Waals surface area contributed by atoms with Crippen LogP contribution in [0.3, 0.4) is 0 Å². The van der Waals surface area contributed by atoms with Gasteiger partial charge in [-0.2, -0.15) is 0 Å². The summed E-state index contributed by atoms with van der Waals surface area (Å²) < 4.78 is 33.1. The third kappa shape index (κ3) is 4.28. The molecule has 0 aliphatic carbocycles. The summed E-state index contributed by atoms with van der Waals surface area (Å²) in [6, 6.07) is 12.1. The van der Waals surface area contributed by atoms with Crippen molar-refractivity contribution in [3.8, 4) is 5.75 Å². The number of anilines is 1. The van der Waals surface area contributed by atoms with Crippen LogP contribution in [0.1, 0.15) is 17.5 Å². The third-order valence-corrected chi connectivity index (χ3v) is 6.40. The summed E-state index contributed by atoms with van der Waals surface area (Å²) in [5, 5.41) is 11.3. The Morgan fingerprint density at radius 3 is 2.79 bits per heavy atom. The standard InChI is InChI=1S/C20H24N2O5S/c1-15-13-17(7-8-19(15)27-14-20(24)21-10-4-12-23)28(25,26)22-11-9-16-5-2-3-6-18(16)22/h2-3,5-8,13,23H,4,9-12,14H2,1H3,(H,21,24). The molecule has 28 heavy (non-hydrogen) atoms. The average Bonchev–Trinajstić information content (AvgIpc) is 3.12. The van der Waals surface area contributed by atoms with Gasteiger partial charge in [0.05, 0.1) is 10.6 Å². The van der Waals surface area contributed by atoms with Crippen molar-refractivity contribution in [1.29, 1.82) is 0 Å². The fraction of sp³-hybridized carbons (Fsp3) is 0.350. The highest BCUT2D eigenvalue weighted by atomic mass is 32.2. The summed E-state index contributed by atoms with van der Waals surface area (Å²) in [6.45, 7) is 2.39. The molecule has 2 aromatic rings. The highest BCUT2D eigenvalue weighted by Crippen LogP contribution is 2.33. The largest absolute Gasteiger partial charge is 0.484 e. The number of aliphatic hydroxyl groups is 1. The first kappa shape index (κ1) is 20.2. The number of hydrogen-bond acceptors (Lipinski definition) is 5. The lowest BCUT2D eigenvalue weighted by atomic mass is 10.2. The Labute approximate surface area is 165 Å². The normalized spacial score (nSPS) is 13.3. The second kappa shape index (κ2) is 8.62. The van der Waals surface area contributed by atoms with Crippen LogP contribution in [0.25, 0.3) is 0 Å². The van der Waals surface area contributed by atoms with E-state index < -0.39 is 10.0 Å². The first-order valence-corrected chi connectivity index (χ1v) is 10.6. The molecular weight excluding hydrogens is 380 g/mol. The van der Waals surface area contributed by atoms with E-state index in [1.807, 2.05) is 24.3 Å². The molecule has 0 unspecified atom stereocenters. The van der Waals surface area contributed by atoms with E-state index >= 15 is 0 Å². The van der Waals surface area contributed by atoms with E-state index in [-0.39, 0.29) is 24.0 Å². The lowest BCUT2D eigenvalue weighted by Crippen LogP contribution is -2.30. The number of ether oxygens (including phenoxy) is 1. The first-order chi connectivity index (χ1) is 13.4. The molecule has 8 heteroatoms. The Bertz CT molecular complexity index is 959. The molecule has 0 aromatic heterocycles. The minimum atomic E-state index is -3.66. The number of hydrogen-bond donors (Lipinski definition) is 2. The van der Waals surface area contributed by atoms with E-state index in [9.17, 15) is 13.2 Å². The number of nitrogens with zero attached hydrogens (tertiary/aromatic N) is 1. The van der Waals surface area contributed by atoms with E-state index in [4.69, 9.17) is 9.84 Å². The monoisotopic (exact) mass is 404 g/mol. The van der Waals surface area contributed by atoms with Crippen LogP contribution in [-0.2, 0) is 21.2 Å². The molecule has 150 valence electrons. The molecule has 0 saturated heterocycles. The molecule has 2 N–H and O–H groups in total. The Balaban J connectivity index is 1.71. The van der Waals surface area contributed by atoms with E-state index in [0.29, 0.717) is 37.2 Å².